The highest BCUT2D eigenvalue weighted by Crippen LogP contribution is 2.39. The van der Waals surface area contributed by atoms with Crippen LogP contribution in [0, 0.1) is 5.92 Å². The highest BCUT2D eigenvalue weighted by Gasteiger charge is 2.43. The number of rotatable bonds is 4. The molecule has 0 bridgehead atoms. The van der Waals surface area contributed by atoms with E-state index in [0.29, 0.717) is 5.92 Å². The summed E-state index contributed by atoms with van der Waals surface area (Å²) in [6.45, 7) is 2.17. The van der Waals surface area contributed by atoms with Gasteiger partial charge in [-0.15, -0.1) is 0 Å². The number of carbonyl (C=O) groups excluding carboxylic acids is 1. The molecular weight excluding hydrogens is 292 g/mol. The molecule has 1 aliphatic rings. The molecule has 0 spiro atoms. The second-order valence-corrected chi connectivity index (χ2v) is 5.92. The molecule has 0 radical (unpaired) electrons. The first-order chi connectivity index (χ1) is 8.57. The molecule has 1 aromatic rings. The van der Waals surface area contributed by atoms with Crippen molar-refractivity contribution in [3.8, 4) is 0 Å². The second kappa shape index (κ2) is 5.31. The number of carbonyl (C=O) groups is 1. The van der Waals surface area contributed by atoms with Crippen LogP contribution in [-0.4, -0.2) is 11.4 Å². The molecule has 0 heterocycles. The molecule has 2 atom stereocenters. The minimum atomic E-state index is -0.579. The lowest BCUT2D eigenvalue weighted by atomic mass is 9.93. The number of amides is 1. The maximum absolute atomic E-state index is 11.8. The Balaban J connectivity index is 2.23. The molecule has 1 fully saturated rings. The van der Waals surface area contributed by atoms with Crippen LogP contribution in [-0.2, 0) is 4.79 Å². The van der Waals surface area contributed by atoms with E-state index in [1.165, 1.54) is 0 Å². The zero-order valence-corrected chi connectivity index (χ0v) is 12.2. The molecule has 98 valence electrons. The summed E-state index contributed by atoms with van der Waals surface area (Å²) in [4.78, 5) is 11.8. The molecule has 1 aromatic carbocycles. The third-order valence-corrected chi connectivity index (χ3v) is 4.60. The fourth-order valence-electron chi connectivity index (χ4n) is 2.72. The first-order valence-corrected chi connectivity index (χ1v) is 7.19. The topological polar surface area (TPSA) is 55.1 Å². The van der Waals surface area contributed by atoms with Crippen molar-refractivity contribution in [1.82, 2.24) is 0 Å². The number of nitrogens with one attached hydrogen (secondary N) is 1. The van der Waals surface area contributed by atoms with Crippen LogP contribution in [0.4, 0.5) is 5.69 Å². The lowest BCUT2D eigenvalue weighted by Gasteiger charge is -2.29. The Bertz CT molecular complexity index is 449. The van der Waals surface area contributed by atoms with Gasteiger partial charge in [-0.1, -0.05) is 25.5 Å². The van der Waals surface area contributed by atoms with Crippen LogP contribution >= 0.6 is 15.9 Å². The van der Waals surface area contributed by atoms with Crippen molar-refractivity contribution in [1.29, 1.82) is 0 Å². The predicted molar refractivity (Wildman–Crippen MR) is 77.3 cm³/mol. The maximum atomic E-state index is 11.8. The molecule has 0 aliphatic heterocycles. The number of primary amides is 1. The van der Waals surface area contributed by atoms with Gasteiger partial charge in [0.1, 0.15) is 5.54 Å². The standard InChI is InChI=1S/C14H19BrN2O/c1-2-10-7-8-14(9-10,13(16)18)17-12-6-4-3-5-11(12)15/h3-6,10,17H,2,7-9H2,1H3,(H2,16,18). The summed E-state index contributed by atoms with van der Waals surface area (Å²) in [5, 5.41) is 3.36. The summed E-state index contributed by atoms with van der Waals surface area (Å²) in [5.74, 6) is 0.349. The van der Waals surface area contributed by atoms with Crippen LogP contribution in [0.2, 0.25) is 0 Å². The van der Waals surface area contributed by atoms with Gasteiger partial charge in [-0.25, -0.2) is 0 Å². The molecule has 1 saturated carbocycles. The van der Waals surface area contributed by atoms with Crippen molar-refractivity contribution in [3.63, 3.8) is 0 Å². The van der Waals surface area contributed by atoms with Crippen molar-refractivity contribution in [2.45, 2.75) is 38.1 Å². The molecule has 0 saturated heterocycles. The fraction of sp³-hybridized carbons (Fsp3) is 0.500. The molecule has 1 aliphatic carbocycles. The van der Waals surface area contributed by atoms with Crippen molar-refractivity contribution >= 4 is 27.5 Å². The van der Waals surface area contributed by atoms with E-state index in [-0.39, 0.29) is 5.91 Å². The van der Waals surface area contributed by atoms with E-state index >= 15 is 0 Å². The van der Waals surface area contributed by atoms with Gasteiger partial charge < -0.3 is 11.1 Å². The second-order valence-electron chi connectivity index (χ2n) is 5.07. The van der Waals surface area contributed by atoms with Gasteiger partial charge in [-0.2, -0.15) is 0 Å². The number of hydrogen-bond acceptors (Lipinski definition) is 2. The SMILES string of the molecule is CCC1CCC(Nc2ccccc2Br)(C(N)=O)C1. The quantitative estimate of drug-likeness (QED) is 0.896. The molecule has 4 heteroatoms. The molecule has 18 heavy (non-hydrogen) atoms. The molecule has 1 amide bonds. The summed E-state index contributed by atoms with van der Waals surface area (Å²) < 4.78 is 0.963. The van der Waals surface area contributed by atoms with Gasteiger partial charge in [0.15, 0.2) is 0 Å². The Hall–Kier alpha value is -1.03. The van der Waals surface area contributed by atoms with Crippen LogP contribution in [0.3, 0.4) is 0 Å². The average Bonchev–Trinajstić information content (AvgIpc) is 2.77. The minimum absolute atomic E-state index is 0.241. The Morgan fingerprint density at radius 3 is 2.83 bits per heavy atom. The molecule has 2 unspecified atom stereocenters. The van der Waals surface area contributed by atoms with Crippen LogP contribution in [0.15, 0.2) is 28.7 Å². The summed E-state index contributed by atoms with van der Waals surface area (Å²) in [5.41, 5.74) is 5.99. The molecule has 3 N–H and O–H groups in total. The molecule has 3 nitrogen and oxygen atoms in total. The normalized spacial score (nSPS) is 27.1. The van der Waals surface area contributed by atoms with E-state index < -0.39 is 5.54 Å². The van der Waals surface area contributed by atoms with E-state index in [0.717, 1.165) is 35.8 Å². The zero-order valence-electron chi connectivity index (χ0n) is 10.6. The van der Waals surface area contributed by atoms with Gasteiger partial charge in [0.05, 0.1) is 0 Å². The Kier molecular flexibility index (Phi) is 3.95. The van der Waals surface area contributed by atoms with Crippen molar-refractivity contribution in [2.24, 2.45) is 11.7 Å². The Labute approximate surface area is 116 Å². The van der Waals surface area contributed by atoms with Crippen LogP contribution in [0.5, 0.6) is 0 Å². The first kappa shape index (κ1) is 13.4. The van der Waals surface area contributed by atoms with Gasteiger partial charge in [0.2, 0.25) is 5.91 Å². The minimum Gasteiger partial charge on any atom is -0.370 e. The number of hydrogen-bond donors (Lipinski definition) is 2. The van der Waals surface area contributed by atoms with Crippen molar-refractivity contribution in [3.05, 3.63) is 28.7 Å². The zero-order chi connectivity index (χ0) is 13.2. The van der Waals surface area contributed by atoms with Crippen LogP contribution in [0.1, 0.15) is 32.6 Å². The number of anilines is 1. The number of benzene rings is 1. The van der Waals surface area contributed by atoms with Crippen molar-refractivity contribution in [2.75, 3.05) is 5.32 Å². The largest absolute Gasteiger partial charge is 0.370 e. The predicted octanol–water partition coefficient (Wildman–Crippen LogP) is 3.30. The maximum Gasteiger partial charge on any atom is 0.243 e. The van der Waals surface area contributed by atoms with Gasteiger partial charge in [0.25, 0.3) is 0 Å². The molecule has 0 aromatic heterocycles. The average molecular weight is 311 g/mol. The Morgan fingerprint density at radius 2 is 2.28 bits per heavy atom. The highest BCUT2D eigenvalue weighted by molar-refractivity contribution is 9.10. The summed E-state index contributed by atoms with van der Waals surface area (Å²) in [6.07, 6.45) is 3.83. The van der Waals surface area contributed by atoms with E-state index in [1.807, 2.05) is 24.3 Å². The van der Waals surface area contributed by atoms with Gasteiger partial charge in [-0.05, 0) is 53.2 Å². The highest BCUT2D eigenvalue weighted by atomic mass is 79.9. The third kappa shape index (κ3) is 2.53. The van der Waals surface area contributed by atoms with E-state index in [1.54, 1.807) is 0 Å². The fourth-order valence-corrected chi connectivity index (χ4v) is 3.10. The monoisotopic (exact) mass is 310 g/mol. The number of halogens is 1. The summed E-state index contributed by atoms with van der Waals surface area (Å²) in [7, 11) is 0. The van der Waals surface area contributed by atoms with Crippen LogP contribution in [0.25, 0.3) is 0 Å². The van der Waals surface area contributed by atoms with Gasteiger partial charge >= 0.3 is 0 Å². The molecular formula is C14H19BrN2O. The summed E-state index contributed by atoms with van der Waals surface area (Å²) in [6, 6.07) is 7.83. The number of nitrogens with two attached hydrogens (primary N) is 1. The van der Waals surface area contributed by atoms with Gasteiger partial charge in [0, 0.05) is 10.2 Å². The van der Waals surface area contributed by atoms with E-state index in [4.69, 9.17) is 5.73 Å². The number of para-hydroxylation sites is 1. The van der Waals surface area contributed by atoms with E-state index in [9.17, 15) is 4.79 Å². The van der Waals surface area contributed by atoms with Gasteiger partial charge in [-0.3, -0.25) is 4.79 Å². The Morgan fingerprint density at radius 1 is 1.56 bits per heavy atom. The lowest BCUT2D eigenvalue weighted by Crippen LogP contribution is -2.48. The van der Waals surface area contributed by atoms with Crippen LogP contribution < -0.4 is 11.1 Å². The first-order valence-electron chi connectivity index (χ1n) is 6.40. The smallest absolute Gasteiger partial charge is 0.243 e. The third-order valence-electron chi connectivity index (χ3n) is 3.91. The van der Waals surface area contributed by atoms with E-state index in [2.05, 4.69) is 28.2 Å². The lowest BCUT2D eigenvalue weighted by molar-refractivity contribution is -0.122. The van der Waals surface area contributed by atoms with Crippen molar-refractivity contribution < 1.29 is 4.79 Å². The molecule has 2 rings (SSSR count). The summed E-state index contributed by atoms with van der Waals surface area (Å²) >= 11 is 3.49.